The van der Waals surface area contributed by atoms with E-state index in [9.17, 15) is 23.4 Å². The Hall–Kier alpha value is -3.70. The highest BCUT2D eigenvalue weighted by Crippen LogP contribution is 2.41. The molecule has 1 aliphatic heterocycles. The predicted octanol–water partition coefficient (Wildman–Crippen LogP) is 3.46. The highest BCUT2D eigenvalue weighted by Gasteiger charge is 2.34. The van der Waals surface area contributed by atoms with E-state index in [-0.39, 0.29) is 40.1 Å². The Morgan fingerprint density at radius 3 is 2.64 bits per heavy atom. The number of carboxylic acid groups (broad SMARTS) is 1. The summed E-state index contributed by atoms with van der Waals surface area (Å²) in [5, 5.41) is 26.5. The molecular formula is C22H18N4O5S2. The van der Waals surface area contributed by atoms with Crippen molar-refractivity contribution in [1.82, 2.24) is 14.8 Å². The summed E-state index contributed by atoms with van der Waals surface area (Å²) in [4.78, 5) is 16.1. The van der Waals surface area contributed by atoms with Crippen LogP contribution >= 0.6 is 11.3 Å². The van der Waals surface area contributed by atoms with Gasteiger partial charge in [0, 0.05) is 23.9 Å². The van der Waals surface area contributed by atoms with Crippen molar-refractivity contribution < 1.29 is 23.4 Å². The Kier molecular flexibility index (Phi) is 4.94. The van der Waals surface area contributed by atoms with Crippen LogP contribution in [0.3, 0.4) is 0 Å². The van der Waals surface area contributed by atoms with Crippen LogP contribution in [-0.4, -0.2) is 45.9 Å². The molecule has 1 aromatic carbocycles. The molecule has 4 aromatic rings. The number of benzene rings is 1. The normalized spacial score (nSPS) is 13.3. The fourth-order valence-electron chi connectivity index (χ4n) is 3.86. The molecule has 1 aliphatic rings. The van der Waals surface area contributed by atoms with Crippen LogP contribution in [0.4, 0.5) is 5.82 Å². The van der Waals surface area contributed by atoms with Gasteiger partial charge in [-0.2, -0.15) is 9.78 Å². The van der Waals surface area contributed by atoms with Gasteiger partial charge in [0.25, 0.3) is 10.0 Å². The molecule has 0 bridgehead atoms. The first-order valence-corrected chi connectivity index (χ1v) is 12.3. The average molecular weight is 483 g/mol. The first-order valence-electron chi connectivity index (χ1n) is 9.96. The van der Waals surface area contributed by atoms with Crippen LogP contribution in [0.5, 0.6) is 5.88 Å². The van der Waals surface area contributed by atoms with E-state index in [1.165, 1.54) is 15.2 Å². The van der Waals surface area contributed by atoms with Crippen molar-refractivity contribution in [2.45, 2.75) is 18.2 Å². The van der Waals surface area contributed by atoms with Gasteiger partial charge in [-0.1, -0.05) is 17.7 Å². The maximum Gasteiger partial charge on any atom is 0.348 e. The molecule has 168 valence electrons. The van der Waals surface area contributed by atoms with Gasteiger partial charge in [-0.3, -0.25) is 0 Å². The van der Waals surface area contributed by atoms with Gasteiger partial charge in [0.05, 0.1) is 10.6 Å². The number of hydrogen-bond donors (Lipinski definition) is 2. The monoisotopic (exact) mass is 482 g/mol. The molecule has 0 aliphatic carbocycles. The number of aromatic carboxylic acids is 1. The zero-order valence-corrected chi connectivity index (χ0v) is 19.0. The third-order valence-electron chi connectivity index (χ3n) is 5.48. The second-order valence-electron chi connectivity index (χ2n) is 7.52. The average Bonchev–Trinajstić information content (AvgIpc) is 3.35. The van der Waals surface area contributed by atoms with E-state index in [2.05, 4.69) is 10.1 Å². The van der Waals surface area contributed by atoms with Crippen LogP contribution in [0, 0.1) is 6.92 Å². The van der Waals surface area contributed by atoms with Crippen LogP contribution in [0.1, 0.15) is 20.8 Å². The molecule has 0 saturated heterocycles. The molecule has 33 heavy (non-hydrogen) atoms. The summed E-state index contributed by atoms with van der Waals surface area (Å²) in [6.45, 7) is 1.91. The number of carbonyl (C=O) groups is 1. The summed E-state index contributed by atoms with van der Waals surface area (Å²) >= 11 is 1.03. The summed E-state index contributed by atoms with van der Waals surface area (Å²) in [6, 6.07) is 11.5. The molecule has 3 aromatic heterocycles. The van der Waals surface area contributed by atoms with Crippen molar-refractivity contribution in [3.8, 4) is 22.8 Å². The maximum absolute atomic E-state index is 13.5. The highest BCUT2D eigenvalue weighted by atomic mass is 32.2. The van der Waals surface area contributed by atoms with E-state index in [1.807, 2.05) is 6.92 Å². The van der Waals surface area contributed by atoms with Crippen molar-refractivity contribution in [3.05, 3.63) is 70.0 Å². The van der Waals surface area contributed by atoms with Crippen LogP contribution in [0.2, 0.25) is 0 Å². The molecule has 0 unspecified atom stereocenters. The van der Waals surface area contributed by atoms with E-state index < -0.39 is 16.0 Å². The molecule has 9 nitrogen and oxygen atoms in total. The summed E-state index contributed by atoms with van der Waals surface area (Å²) < 4.78 is 29.4. The topological polar surface area (TPSA) is 126 Å². The lowest BCUT2D eigenvalue weighted by Crippen LogP contribution is -2.33. The number of anilines is 1. The Labute approximate surface area is 193 Å². The predicted molar refractivity (Wildman–Crippen MR) is 123 cm³/mol. The molecule has 4 heterocycles. The van der Waals surface area contributed by atoms with Gasteiger partial charge in [0.15, 0.2) is 5.82 Å². The molecule has 0 amide bonds. The van der Waals surface area contributed by atoms with E-state index in [0.717, 1.165) is 16.9 Å². The minimum Gasteiger partial charge on any atom is -0.493 e. The third-order valence-corrected chi connectivity index (χ3v) is 8.17. The van der Waals surface area contributed by atoms with Crippen LogP contribution in [0.25, 0.3) is 16.9 Å². The number of fused-ring (bicyclic) bond motifs is 3. The van der Waals surface area contributed by atoms with Crippen molar-refractivity contribution in [2.24, 2.45) is 0 Å². The van der Waals surface area contributed by atoms with Gasteiger partial charge < -0.3 is 10.2 Å². The zero-order valence-electron chi connectivity index (χ0n) is 17.3. The minimum absolute atomic E-state index is 0.0297. The highest BCUT2D eigenvalue weighted by molar-refractivity contribution is 7.92. The number of aromatic hydroxyl groups is 1. The number of hydrogen-bond acceptors (Lipinski definition) is 7. The minimum atomic E-state index is -3.92. The third kappa shape index (κ3) is 3.36. The number of pyridine rings is 1. The molecule has 2 N–H and O–H groups in total. The molecular weight excluding hydrogens is 464 g/mol. The standard InChI is InChI=1S/C22H18N4O5S2/c1-13-4-6-14(7-5-13)33(30,31)25-11-8-16-18(15-3-2-10-23-20(15)25)24-26(21(16)27)17-9-12-32-19(17)22(28)29/h2-7,9-10,12,27H,8,11H2,1H3,(H,28,29). The summed E-state index contributed by atoms with van der Waals surface area (Å²) in [7, 11) is -3.92. The van der Waals surface area contributed by atoms with Crippen molar-refractivity contribution >= 4 is 33.1 Å². The van der Waals surface area contributed by atoms with Crippen molar-refractivity contribution in [3.63, 3.8) is 0 Å². The van der Waals surface area contributed by atoms with Gasteiger partial charge >= 0.3 is 5.97 Å². The Bertz CT molecular complexity index is 1490. The van der Waals surface area contributed by atoms with Gasteiger partial charge in [-0.25, -0.2) is 22.5 Å². The van der Waals surface area contributed by atoms with Gasteiger partial charge in [0.1, 0.15) is 10.6 Å². The molecule has 0 fully saturated rings. The van der Waals surface area contributed by atoms with E-state index >= 15 is 0 Å². The lowest BCUT2D eigenvalue weighted by atomic mass is 10.1. The second kappa shape index (κ2) is 7.71. The zero-order chi connectivity index (χ0) is 23.3. The fourth-order valence-corrected chi connectivity index (χ4v) is 6.01. The van der Waals surface area contributed by atoms with Crippen LogP contribution < -0.4 is 4.31 Å². The summed E-state index contributed by atoms with van der Waals surface area (Å²) in [5.74, 6) is -1.15. The number of aromatic nitrogens is 3. The first kappa shape index (κ1) is 21.2. The Balaban J connectivity index is 1.66. The Morgan fingerprint density at radius 1 is 1.15 bits per heavy atom. The van der Waals surface area contributed by atoms with Gasteiger partial charge in [0.2, 0.25) is 5.88 Å². The fraction of sp³-hybridized carbons (Fsp3) is 0.136. The molecule has 0 radical (unpaired) electrons. The quantitative estimate of drug-likeness (QED) is 0.456. The number of carboxylic acids is 1. The lowest BCUT2D eigenvalue weighted by Gasteiger charge is -2.23. The SMILES string of the molecule is Cc1ccc(S(=O)(=O)N2CCc3c(nn(-c4ccsc4C(=O)O)c3O)-c3cccnc32)cc1. The number of nitrogens with zero attached hydrogens (tertiary/aromatic N) is 4. The molecule has 11 heteroatoms. The smallest absolute Gasteiger partial charge is 0.348 e. The number of aryl methyl sites for hydroxylation is 1. The summed E-state index contributed by atoms with van der Waals surface area (Å²) in [5.41, 5.74) is 2.40. The van der Waals surface area contributed by atoms with Crippen molar-refractivity contribution in [1.29, 1.82) is 0 Å². The lowest BCUT2D eigenvalue weighted by molar-refractivity contribution is 0.0702. The summed E-state index contributed by atoms with van der Waals surface area (Å²) in [6.07, 6.45) is 1.66. The first-order chi connectivity index (χ1) is 15.8. The maximum atomic E-state index is 13.5. The number of rotatable bonds is 4. The van der Waals surface area contributed by atoms with Gasteiger partial charge in [-0.15, -0.1) is 11.3 Å². The molecule has 5 rings (SSSR count). The van der Waals surface area contributed by atoms with E-state index in [0.29, 0.717) is 16.8 Å². The van der Waals surface area contributed by atoms with Crippen molar-refractivity contribution in [2.75, 3.05) is 10.8 Å². The van der Waals surface area contributed by atoms with Gasteiger partial charge in [-0.05, 0) is 49.1 Å². The second-order valence-corrected chi connectivity index (χ2v) is 10.3. The molecule has 0 atom stereocenters. The number of thiophene rings is 1. The number of sulfonamides is 1. The van der Waals surface area contributed by atoms with E-state index in [1.54, 1.807) is 47.8 Å². The molecule has 0 saturated carbocycles. The van der Waals surface area contributed by atoms with E-state index in [4.69, 9.17) is 0 Å². The van der Waals surface area contributed by atoms with Crippen LogP contribution in [-0.2, 0) is 16.4 Å². The Morgan fingerprint density at radius 2 is 1.91 bits per heavy atom. The largest absolute Gasteiger partial charge is 0.493 e. The molecule has 0 spiro atoms. The van der Waals surface area contributed by atoms with Crippen LogP contribution in [0.15, 0.2) is 58.9 Å².